The Morgan fingerprint density at radius 1 is 1.04 bits per heavy atom. The van der Waals surface area contributed by atoms with E-state index in [-0.39, 0.29) is 5.91 Å². The number of nitrogens with one attached hydrogen (secondary N) is 1. The molecule has 2 aromatic rings. The molecule has 0 unspecified atom stereocenters. The molecule has 3 rings (SSSR count). The molecule has 1 aliphatic heterocycles. The molecule has 1 fully saturated rings. The first-order valence-electron chi connectivity index (χ1n) is 9.61. The molecule has 0 radical (unpaired) electrons. The molecule has 0 bridgehead atoms. The van der Waals surface area contributed by atoms with Crippen molar-refractivity contribution in [3.63, 3.8) is 0 Å². The van der Waals surface area contributed by atoms with E-state index in [1.54, 1.807) is 0 Å². The molecule has 0 aliphatic carbocycles. The molecule has 1 aromatic heterocycles. The highest BCUT2D eigenvalue weighted by molar-refractivity contribution is 5.94. The Balaban J connectivity index is 1.52. The van der Waals surface area contributed by atoms with Gasteiger partial charge in [-0.1, -0.05) is 17.2 Å². The van der Waals surface area contributed by atoms with Crippen LogP contribution in [0, 0.1) is 20.8 Å². The van der Waals surface area contributed by atoms with Gasteiger partial charge in [0.15, 0.2) is 0 Å². The molecular formula is C21H28N4O2. The highest BCUT2D eigenvalue weighted by atomic mass is 16.5. The third-order valence-electron chi connectivity index (χ3n) is 4.60. The summed E-state index contributed by atoms with van der Waals surface area (Å²) in [5.74, 6) is 2.10. The van der Waals surface area contributed by atoms with Gasteiger partial charge in [0.2, 0.25) is 5.88 Å². The van der Waals surface area contributed by atoms with Crippen LogP contribution >= 0.6 is 0 Å². The van der Waals surface area contributed by atoms with Crippen LogP contribution in [0.1, 0.15) is 46.6 Å². The fourth-order valence-electron chi connectivity index (χ4n) is 3.41. The molecular weight excluding hydrogens is 340 g/mol. The van der Waals surface area contributed by atoms with Gasteiger partial charge in [0.05, 0.1) is 6.54 Å². The van der Waals surface area contributed by atoms with Gasteiger partial charge in [-0.2, -0.15) is 4.98 Å². The summed E-state index contributed by atoms with van der Waals surface area (Å²) in [6, 6.07) is 7.73. The van der Waals surface area contributed by atoms with Gasteiger partial charge in [0.25, 0.3) is 5.91 Å². The van der Waals surface area contributed by atoms with Crippen molar-refractivity contribution >= 4 is 11.7 Å². The lowest BCUT2D eigenvalue weighted by Crippen LogP contribution is -2.30. The Labute approximate surface area is 161 Å². The number of aryl methyl sites for hydroxylation is 3. The number of benzene rings is 1. The van der Waals surface area contributed by atoms with Crippen molar-refractivity contribution in [2.45, 2.75) is 40.0 Å². The maximum atomic E-state index is 12.3. The molecule has 6 heteroatoms. The SMILES string of the molecule is Cc1cc(C)cc(C(=O)NCCOc2cc(N3CCCCC3)nc(C)n2)c1. The molecule has 0 spiro atoms. The van der Waals surface area contributed by atoms with Crippen LogP contribution in [-0.4, -0.2) is 42.1 Å². The molecule has 1 aromatic carbocycles. The van der Waals surface area contributed by atoms with Crippen LogP contribution in [0.2, 0.25) is 0 Å². The smallest absolute Gasteiger partial charge is 0.251 e. The Morgan fingerprint density at radius 2 is 1.74 bits per heavy atom. The second-order valence-corrected chi connectivity index (χ2v) is 7.14. The lowest BCUT2D eigenvalue weighted by Gasteiger charge is -2.28. The Hall–Kier alpha value is -2.63. The molecule has 6 nitrogen and oxygen atoms in total. The molecule has 2 heterocycles. The third kappa shape index (κ3) is 5.42. The van der Waals surface area contributed by atoms with E-state index >= 15 is 0 Å². The molecule has 0 saturated carbocycles. The van der Waals surface area contributed by atoms with Crippen LogP contribution in [0.3, 0.4) is 0 Å². The van der Waals surface area contributed by atoms with Gasteiger partial charge >= 0.3 is 0 Å². The van der Waals surface area contributed by atoms with Crippen molar-refractivity contribution in [3.8, 4) is 5.88 Å². The summed E-state index contributed by atoms with van der Waals surface area (Å²) in [4.78, 5) is 23.5. The summed E-state index contributed by atoms with van der Waals surface area (Å²) in [6.07, 6.45) is 3.68. The average Bonchev–Trinajstić information content (AvgIpc) is 2.64. The number of carbonyl (C=O) groups is 1. The number of ether oxygens (including phenoxy) is 1. The predicted molar refractivity (Wildman–Crippen MR) is 107 cm³/mol. The first-order chi connectivity index (χ1) is 13.0. The molecule has 1 saturated heterocycles. The summed E-state index contributed by atoms with van der Waals surface area (Å²) in [5.41, 5.74) is 2.84. The standard InChI is InChI=1S/C21H28N4O2/c1-15-11-16(2)13-18(12-15)21(26)22-7-10-27-20-14-19(23-17(3)24-20)25-8-5-4-6-9-25/h11-14H,4-10H2,1-3H3,(H,22,26). The Bertz CT molecular complexity index is 781. The Morgan fingerprint density at radius 3 is 2.44 bits per heavy atom. The number of anilines is 1. The van der Waals surface area contributed by atoms with Crippen molar-refractivity contribution in [1.82, 2.24) is 15.3 Å². The van der Waals surface area contributed by atoms with E-state index in [9.17, 15) is 4.79 Å². The highest BCUT2D eigenvalue weighted by Gasteiger charge is 2.14. The van der Waals surface area contributed by atoms with Gasteiger partial charge in [0, 0.05) is 24.7 Å². The normalized spacial score (nSPS) is 14.1. The number of amides is 1. The first-order valence-corrected chi connectivity index (χ1v) is 9.61. The van der Waals surface area contributed by atoms with Crippen molar-refractivity contribution in [2.75, 3.05) is 31.1 Å². The summed E-state index contributed by atoms with van der Waals surface area (Å²) in [5, 5.41) is 2.90. The monoisotopic (exact) mass is 368 g/mol. The van der Waals surface area contributed by atoms with Crippen LogP contribution in [0.25, 0.3) is 0 Å². The number of hydrogen-bond acceptors (Lipinski definition) is 5. The lowest BCUT2D eigenvalue weighted by atomic mass is 10.1. The molecule has 1 aliphatic rings. The minimum Gasteiger partial charge on any atom is -0.476 e. The van der Waals surface area contributed by atoms with Gasteiger partial charge in [0.1, 0.15) is 18.2 Å². The number of aromatic nitrogens is 2. The fraction of sp³-hybridized carbons (Fsp3) is 0.476. The quantitative estimate of drug-likeness (QED) is 0.793. The second kappa shape index (κ2) is 8.84. The van der Waals surface area contributed by atoms with E-state index in [0.717, 1.165) is 30.0 Å². The minimum atomic E-state index is -0.0849. The van der Waals surface area contributed by atoms with Crippen molar-refractivity contribution in [1.29, 1.82) is 0 Å². The van der Waals surface area contributed by atoms with E-state index in [2.05, 4.69) is 26.3 Å². The Kier molecular flexibility index (Phi) is 6.27. The van der Waals surface area contributed by atoms with Gasteiger partial charge in [-0.3, -0.25) is 4.79 Å². The van der Waals surface area contributed by atoms with Crippen LogP contribution in [0.5, 0.6) is 5.88 Å². The number of hydrogen-bond donors (Lipinski definition) is 1. The zero-order chi connectivity index (χ0) is 19.2. The maximum Gasteiger partial charge on any atom is 0.251 e. The van der Waals surface area contributed by atoms with Crippen LogP contribution in [0.4, 0.5) is 5.82 Å². The molecule has 27 heavy (non-hydrogen) atoms. The first kappa shape index (κ1) is 19.1. The lowest BCUT2D eigenvalue weighted by molar-refractivity contribution is 0.0946. The topological polar surface area (TPSA) is 67.3 Å². The fourth-order valence-corrected chi connectivity index (χ4v) is 3.41. The van der Waals surface area contributed by atoms with Gasteiger partial charge in [-0.15, -0.1) is 0 Å². The second-order valence-electron chi connectivity index (χ2n) is 7.14. The zero-order valence-electron chi connectivity index (χ0n) is 16.4. The number of carbonyl (C=O) groups excluding carboxylic acids is 1. The van der Waals surface area contributed by atoms with Crippen molar-refractivity contribution in [2.24, 2.45) is 0 Å². The van der Waals surface area contributed by atoms with Crippen molar-refractivity contribution < 1.29 is 9.53 Å². The number of nitrogens with zero attached hydrogens (tertiary/aromatic N) is 3. The van der Waals surface area contributed by atoms with E-state index in [1.165, 1.54) is 19.3 Å². The number of rotatable bonds is 6. The average molecular weight is 368 g/mol. The third-order valence-corrected chi connectivity index (χ3v) is 4.60. The molecule has 0 atom stereocenters. The van der Waals surface area contributed by atoms with E-state index in [0.29, 0.717) is 30.4 Å². The summed E-state index contributed by atoms with van der Waals surface area (Å²) >= 11 is 0. The largest absolute Gasteiger partial charge is 0.476 e. The van der Waals surface area contributed by atoms with Crippen LogP contribution in [0.15, 0.2) is 24.3 Å². The van der Waals surface area contributed by atoms with E-state index < -0.39 is 0 Å². The molecule has 144 valence electrons. The number of piperidine rings is 1. The summed E-state index contributed by atoms with van der Waals surface area (Å²) in [7, 11) is 0. The molecule has 1 amide bonds. The minimum absolute atomic E-state index is 0.0849. The van der Waals surface area contributed by atoms with E-state index in [4.69, 9.17) is 4.74 Å². The molecule has 1 N–H and O–H groups in total. The maximum absolute atomic E-state index is 12.3. The predicted octanol–water partition coefficient (Wildman–Crippen LogP) is 3.20. The van der Waals surface area contributed by atoms with Crippen molar-refractivity contribution in [3.05, 3.63) is 46.8 Å². The summed E-state index contributed by atoms with van der Waals surface area (Å²) < 4.78 is 5.76. The summed E-state index contributed by atoms with van der Waals surface area (Å²) in [6.45, 7) is 8.71. The van der Waals surface area contributed by atoms with E-state index in [1.807, 2.05) is 39.0 Å². The van der Waals surface area contributed by atoms with Gasteiger partial charge < -0.3 is 15.0 Å². The van der Waals surface area contributed by atoms with Gasteiger partial charge in [-0.05, 0) is 52.2 Å². The van der Waals surface area contributed by atoms with Gasteiger partial charge in [-0.25, -0.2) is 4.98 Å². The van der Waals surface area contributed by atoms with Crippen LogP contribution in [-0.2, 0) is 0 Å². The highest BCUT2D eigenvalue weighted by Crippen LogP contribution is 2.21. The zero-order valence-corrected chi connectivity index (χ0v) is 16.4. The van der Waals surface area contributed by atoms with Crippen LogP contribution < -0.4 is 15.0 Å².